The largest absolute Gasteiger partial charge is 0.493 e. The highest BCUT2D eigenvalue weighted by atomic mass is 19.1. The van der Waals surface area contributed by atoms with Crippen LogP contribution >= 0.6 is 0 Å². The van der Waals surface area contributed by atoms with E-state index in [1.165, 1.54) is 25.2 Å². The van der Waals surface area contributed by atoms with Crippen LogP contribution in [0.5, 0.6) is 11.5 Å². The summed E-state index contributed by atoms with van der Waals surface area (Å²) in [6.07, 6.45) is 4.06. The van der Waals surface area contributed by atoms with Gasteiger partial charge in [-0.25, -0.2) is 4.39 Å². The van der Waals surface area contributed by atoms with Crippen LogP contribution in [-0.2, 0) is 4.79 Å². The molecule has 0 aromatic heterocycles. The maximum Gasteiger partial charge on any atom is 0.254 e. The quantitative estimate of drug-likeness (QED) is 0.717. The molecule has 0 spiro atoms. The summed E-state index contributed by atoms with van der Waals surface area (Å²) in [4.78, 5) is 30.7. The Morgan fingerprint density at radius 3 is 2.22 bits per heavy atom. The molecular weight excluding hydrogens is 411 g/mol. The molecule has 0 unspecified atom stereocenters. The number of carbonyl (C=O) groups excluding carboxylic acids is 2. The molecule has 2 amide bonds. The molecule has 6 nitrogen and oxygen atoms in total. The SMILES string of the molecule is COc1cc2c(cc1OC)[C@H](C(=O)N1CCCCCC1)[C@H](c1ccccc1F)N(C)C2=O. The van der Waals surface area contributed by atoms with Crippen LogP contribution in [0, 0.1) is 5.82 Å². The summed E-state index contributed by atoms with van der Waals surface area (Å²) >= 11 is 0. The first-order valence-corrected chi connectivity index (χ1v) is 11.0. The lowest BCUT2D eigenvalue weighted by atomic mass is 9.78. The molecule has 2 atom stereocenters. The van der Waals surface area contributed by atoms with Crippen molar-refractivity contribution in [1.82, 2.24) is 9.80 Å². The van der Waals surface area contributed by atoms with Gasteiger partial charge in [-0.1, -0.05) is 31.0 Å². The predicted octanol–water partition coefficient (Wildman–Crippen LogP) is 4.16. The number of fused-ring (bicyclic) bond motifs is 1. The van der Waals surface area contributed by atoms with Gasteiger partial charge in [0.1, 0.15) is 5.82 Å². The van der Waals surface area contributed by atoms with Gasteiger partial charge in [-0.15, -0.1) is 0 Å². The van der Waals surface area contributed by atoms with E-state index in [9.17, 15) is 14.0 Å². The Labute approximate surface area is 187 Å². The van der Waals surface area contributed by atoms with Gasteiger partial charge in [0.15, 0.2) is 11.5 Å². The number of ether oxygens (including phenoxy) is 2. The molecule has 0 N–H and O–H groups in total. The molecule has 0 aliphatic carbocycles. The van der Waals surface area contributed by atoms with Crippen LogP contribution in [0.25, 0.3) is 0 Å². The number of hydrogen-bond acceptors (Lipinski definition) is 4. The zero-order chi connectivity index (χ0) is 22.8. The van der Waals surface area contributed by atoms with Crippen molar-refractivity contribution >= 4 is 11.8 Å². The Kier molecular flexibility index (Phi) is 6.35. The minimum Gasteiger partial charge on any atom is -0.493 e. The van der Waals surface area contributed by atoms with Gasteiger partial charge in [0, 0.05) is 31.3 Å². The highest BCUT2D eigenvalue weighted by Gasteiger charge is 2.45. The normalized spacial score (nSPS) is 21.1. The molecule has 1 saturated heterocycles. The van der Waals surface area contributed by atoms with Gasteiger partial charge >= 0.3 is 0 Å². The molecule has 0 saturated carbocycles. The molecule has 1 fully saturated rings. The van der Waals surface area contributed by atoms with E-state index in [0.717, 1.165) is 25.7 Å². The molecule has 2 aromatic rings. The van der Waals surface area contributed by atoms with Crippen LogP contribution in [0.4, 0.5) is 4.39 Å². The zero-order valence-corrected chi connectivity index (χ0v) is 18.8. The van der Waals surface area contributed by atoms with Crippen molar-refractivity contribution < 1.29 is 23.5 Å². The van der Waals surface area contributed by atoms with E-state index < -0.39 is 17.8 Å². The molecule has 2 aromatic carbocycles. The summed E-state index contributed by atoms with van der Waals surface area (Å²) in [6.45, 7) is 1.33. The summed E-state index contributed by atoms with van der Waals surface area (Å²) in [6, 6.07) is 8.92. The average molecular weight is 441 g/mol. The highest BCUT2D eigenvalue weighted by molar-refractivity contribution is 6.02. The summed E-state index contributed by atoms with van der Waals surface area (Å²) < 4.78 is 25.8. The van der Waals surface area contributed by atoms with Gasteiger partial charge in [-0.2, -0.15) is 0 Å². The molecule has 2 aliphatic rings. The molecule has 2 heterocycles. The van der Waals surface area contributed by atoms with Gasteiger partial charge < -0.3 is 19.3 Å². The van der Waals surface area contributed by atoms with E-state index in [0.29, 0.717) is 41.3 Å². The molecule has 0 radical (unpaired) electrons. The first-order valence-electron chi connectivity index (χ1n) is 11.0. The second kappa shape index (κ2) is 9.18. The number of hydrogen-bond donors (Lipinski definition) is 0. The van der Waals surface area contributed by atoms with Gasteiger partial charge in [-0.3, -0.25) is 9.59 Å². The fraction of sp³-hybridized carbons (Fsp3) is 0.440. The van der Waals surface area contributed by atoms with Crippen molar-refractivity contribution in [2.45, 2.75) is 37.6 Å². The third kappa shape index (κ3) is 3.80. The monoisotopic (exact) mass is 440 g/mol. The number of halogens is 1. The van der Waals surface area contributed by atoms with E-state index in [1.807, 2.05) is 4.90 Å². The minimum absolute atomic E-state index is 0.0898. The van der Waals surface area contributed by atoms with Gasteiger partial charge in [-0.05, 0) is 36.6 Å². The van der Waals surface area contributed by atoms with Gasteiger partial charge in [0.05, 0.1) is 26.2 Å². The van der Waals surface area contributed by atoms with E-state index in [2.05, 4.69) is 0 Å². The number of nitrogens with zero attached hydrogens (tertiary/aromatic N) is 2. The van der Waals surface area contributed by atoms with Crippen molar-refractivity contribution in [2.24, 2.45) is 0 Å². The molecular formula is C25H29FN2O4. The number of carbonyl (C=O) groups is 2. The molecule has 32 heavy (non-hydrogen) atoms. The molecule has 170 valence electrons. The first kappa shape index (κ1) is 22.1. The number of likely N-dealkylation sites (N-methyl/N-ethyl adjacent to an activating group) is 1. The van der Waals surface area contributed by atoms with Crippen LogP contribution in [0.15, 0.2) is 36.4 Å². The van der Waals surface area contributed by atoms with Crippen LogP contribution < -0.4 is 9.47 Å². The molecule has 2 aliphatic heterocycles. The first-order chi connectivity index (χ1) is 15.5. The lowest BCUT2D eigenvalue weighted by Gasteiger charge is -2.41. The van der Waals surface area contributed by atoms with E-state index in [4.69, 9.17) is 9.47 Å². The number of amides is 2. The van der Waals surface area contributed by atoms with Gasteiger partial charge in [0.25, 0.3) is 5.91 Å². The Bertz CT molecular complexity index is 1020. The maximum absolute atomic E-state index is 15.0. The second-order valence-electron chi connectivity index (χ2n) is 8.39. The summed E-state index contributed by atoms with van der Waals surface area (Å²) in [5.74, 6) is -0.706. The van der Waals surface area contributed by atoms with Crippen molar-refractivity contribution in [3.05, 3.63) is 58.9 Å². The van der Waals surface area contributed by atoms with Crippen molar-refractivity contribution in [2.75, 3.05) is 34.4 Å². The van der Waals surface area contributed by atoms with Crippen molar-refractivity contribution in [1.29, 1.82) is 0 Å². The third-order valence-corrected chi connectivity index (χ3v) is 6.58. The third-order valence-electron chi connectivity index (χ3n) is 6.58. The van der Waals surface area contributed by atoms with E-state index in [1.54, 1.807) is 37.4 Å². The molecule has 4 rings (SSSR count). The zero-order valence-electron chi connectivity index (χ0n) is 18.8. The number of benzene rings is 2. The van der Waals surface area contributed by atoms with E-state index in [-0.39, 0.29) is 11.8 Å². The minimum atomic E-state index is -0.759. The Morgan fingerprint density at radius 2 is 1.59 bits per heavy atom. The van der Waals surface area contributed by atoms with Crippen LogP contribution in [0.3, 0.4) is 0 Å². The molecule has 7 heteroatoms. The Morgan fingerprint density at radius 1 is 0.969 bits per heavy atom. The highest BCUT2D eigenvalue weighted by Crippen LogP contribution is 2.46. The lowest BCUT2D eigenvalue weighted by Crippen LogP contribution is -2.47. The number of rotatable bonds is 4. The van der Waals surface area contributed by atoms with Crippen molar-refractivity contribution in [3.63, 3.8) is 0 Å². The average Bonchev–Trinajstić information content (AvgIpc) is 3.10. The van der Waals surface area contributed by atoms with Crippen molar-refractivity contribution in [3.8, 4) is 11.5 Å². The molecule has 0 bridgehead atoms. The maximum atomic E-state index is 15.0. The van der Waals surface area contributed by atoms with Crippen LogP contribution in [0.1, 0.15) is 59.1 Å². The Balaban J connectivity index is 1.91. The second-order valence-corrected chi connectivity index (χ2v) is 8.39. The lowest BCUT2D eigenvalue weighted by molar-refractivity contribution is -0.134. The number of likely N-dealkylation sites (tertiary alicyclic amines) is 1. The fourth-order valence-corrected chi connectivity index (χ4v) is 4.91. The Hall–Kier alpha value is -3.09. The topological polar surface area (TPSA) is 59.1 Å². The van der Waals surface area contributed by atoms with Gasteiger partial charge in [0.2, 0.25) is 5.91 Å². The standard InChI is InChI=1S/C25H29FN2O4/c1-27-23(16-10-6-7-11-19(16)26)22(25(30)28-12-8-4-5-9-13-28)17-14-20(31-2)21(32-3)15-18(17)24(27)29/h6-7,10-11,14-15,22-23H,4-5,8-9,12-13H2,1-3H3/t22-,23-/m0/s1. The number of methoxy groups -OCH3 is 2. The summed E-state index contributed by atoms with van der Waals surface area (Å²) in [5.41, 5.74) is 1.26. The summed E-state index contributed by atoms with van der Waals surface area (Å²) in [7, 11) is 4.64. The predicted molar refractivity (Wildman–Crippen MR) is 119 cm³/mol. The smallest absolute Gasteiger partial charge is 0.254 e. The van der Waals surface area contributed by atoms with E-state index >= 15 is 0 Å². The fourth-order valence-electron chi connectivity index (χ4n) is 4.91. The summed E-state index contributed by atoms with van der Waals surface area (Å²) in [5, 5.41) is 0. The van der Waals surface area contributed by atoms with Crippen LogP contribution in [-0.4, -0.2) is 56.0 Å². The van der Waals surface area contributed by atoms with Crippen LogP contribution in [0.2, 0.25) is 0 Å².